The molecule has 1 aliphatic rings. The van der Waals surface area contributed by atoms with E-state index >= 15 is 0 Å². The molecular formula is C14H20FN3O. The van der Waals surface area contributed by atoms with Gasteiger partial charge in [-0.3, -0.25) is 9.69 Å². The highest BCUT2D eigenvalue weighted by atomic mass is 19.1. The van der Waals surface area contributed by atoms with Crippen LogP contribution in [0.25, 0.3) is 0 Å². The standard InChI is InChI=1S/C14H20FN3O/c1-16-13-6-7-18(9-13)10-14(19)17-8-11-2-4-12(15)5-3-11/h2-5,13,16H,6-10H2,1H3,(H,17,19). The number of likely N-dealkylation sites (N-methyl/N-ethyl adjacent to an activating group) is 1. The van der Waals surface area contributed by atoms with E-state index < -0.39 is 0 Å². The maximum absolute atomic E-state index is 12.7. The molecule has 1 fully saturated rings. The quantitative estimate of drug-likeness (QED) is 0.825. The fourth-order valence-electron chi connectivity index (χ4n) is 2.27. The van der Waals surface area contributed by atoms with Gasteiger partial charge in [0, 0.05) is 25.7 Å². The minimum Gasteiger partial charge on any atom is -0.351 e. The van der Waals surface area contributed by atoms with Crippen LogP contribution in [0.15, 0.2) is 24.3 Å². The molecule has 0 bridgehead atoms. The van der Waals surface area contributed by atoms with Crippen LogP contribution < -0.4 is 10.6 Å². The zero-order valence-electron chi connectivity index (χ0n) is 11.2. The average molecular weight is 265 g/mol. The molecule has 4 nitrogen and oxygen atoms in total. The second-order valence-corrected chi connectivity index (χ2v) is 4.91. The first kappa shape index (κ1) is 14.0. The van der Waals surface area contributed by atoms with Crippen LogP contribution in [-0.4, -0.2) is 43.5 Å². The Bertz CT molecular complexity index is 421. The van der Waals surface area contributed by atoms with Crippen LogP contribution in [0.1, 0.15) is 12.0 Å². The van der Waals surface area contributed by atoms with E-state index in [1.807, 2.05) is 7.05 Å². The van der Waals surface area contributed by atoms with E-state index in [0.29, 0.717) is 19.1 Å². The van der Waals surface area contributed by atoms with Gasteiger partial charge in [0.2, 0.25) is 5.91 Å². The number of likely N-dealkylation sites (tertiary alicyclic amines) is 1. The van der Waals surface area contributed by atoms with Gasteiger partial charge in [-0.15, -0.1) is 0 Å². The lowest BCUT2D eigenvalue weighted by atomic mass is 10.2. The third-order valence-corrected chi connectivity index (χ3v) is 3.45. The molecular weight excluding hydrogens is 245 g/mol. The van der Waals surface area contributed by atoms with Crippen LogP contribution in [0.3, 0.4) is 0 Å². The highest BCUT2D eigenvalue weighted by molar-refractivity contribution is 5.78. The predicted molar refractivity (Wildman–Crippen MR) is 72.2 cm³/mol. The van der Waals surface area contributed by atoms with Crippen molar-refractivity contribution in [3.8, 4) is 0 Å². The zero-order chi connectivity index (χ0) is 13.7. The molecule has 1 atom stereocenters. The summed E-state index contributed by atoms with van der Waals surface area (Å²) in [4.78, 5) is 13.9. The van der Waals surface area contributed by atoms with Crippen LogP contribution in [0.5, 0.6) is 0 Å². The SMILES string of the molecule is CNC1CCN(CC(=O)NCc2ccc(F)cc2)C1. The van der Waals surface area contributed by atoms with E-state index in [-0.39, 0.29) is 11.7 Å². The van der Waals surface area contributed by atoms with Crippen LogP contribution in [0.4, 0.5) is 4.39 Å². The maximum atomic E-state index is 12.7. The normalized spacial score (nSPS) is 19.6. The van der Waals surface area contributed by atoms with Gasteiger partial charge < -0.3 is 10.6 Å². The van der Waals surface area contributed by atoms with E-state index in [1.165, 1.54) is 12.1 Å². The largest absolute Gasteiger partial charge is 0.351 e. The van der Waals surface area contributed by atoms with Gasteiger partial charge in [-0.25, -0.2) is 4.39 Å². The fourth-order valence-corrected chi connectivity index (χ4v) is 2.27. The molecule has 5 heteroatoms. The number of amides is 1. The number of hydrogen-bond acceptors (Lipinski definition) is 3. The van der Waals surface area contributed by atoms with Gasteiger partial charge in [-0.2, -0.15) is 0 Å². The smallest absolute Gasteiger partial charge is 0.234 e. The zero-order valence-corrected chi connectivity index (χ0v) is 11.2. The van der Waals surface area contributed by atoms with Crippen molar-refractivity contribution in [2.24, 2.45) is 0 Å². The molecule has 0 saturated carbocycles. The van der Waals surface area contributed by atoms with Gasteiger partial charge in [0.1, 0.15) is 5.82 Å². The predicted octanol–water partition coefficient (Wildman–Crippen LogP) is 0.736. The minimum atomic E-state index is -0.259. The molecule has 1 saturated heterocycles. The maximum Gasteiger partial charge on any atom is 0.234 e. The molecule has 0 spiro atoms. The lowest BCUT2D eigenvalue weighted by Crippen LogP contribution is -2.37. The van der Waals surface area contributed by atoms with Crippen molar-refractivity contribution in [1.82, 2.24) is 15.5 Å². The van der Waals surface area contributed by atoms with E-state index in [0.717, 1.165) is 25.1 Å². The van der Waals surface area contributed by atoms with Gasteiger partial charge >= 0.3 is 0 Å². The number of nitrogens with zero attached hydrogens (tertiary/aromatic N) is 1. The van der Waals surface area contributed by atoms with E-state index in [9.17, 15) is 9.18 Å². The Labute approximate surface area is 113 Å². The topological polar surface area (TPSA) is 44.4 Å². The van der Waals surface area contributed by atoms with E-state index in [1.54, 1.807) is 12.1 Å². The monoisotopic (exact) mass is 265 g/mol. The molecule has 1 heterocycles. The molecule has 1 amide bonds. The van der Waals surface area contributed by atoms with Crippen molar-refractivity contribution in [2.75, 3.05) is 26.7 Å². The highest BCUT2D eigenvalue weighted by Crippen LogP contribution is 2.07. The Morgan fingerprint density at radius 1 is 1.42 bits per heavy atom. The summed E-state index contributed by atoms with van der Waals surface area (Å²) in [5, 5.41) is 6.08. The van der Waals surface area contributed by atoms with Gasteiger partial charge in [0.05, 0.1) is 6.54 Å². The Balaban J connectivity index is 1.71. The molecule has 1 aromatic carbocycles. The van der Waals surface area contributed by atoms with Crippen LogP contribution in [0, 0.1) is 5.82 Å². The average Bonchev–Trinajstić information content (AvgIpc) is 2.86. The Morgan fingerprint density at radius 3 is 2.79 bits per heavy atom. The number of nitrogens with one attached hydrogen (secondary N) is 2. The van der Waals surface area contributed by atoms with Crippen molar-refractivity contribution in [3.63, 3.8) is 0 Å². The van der Waals surface area contributed by atoms with Crippen LogP contribution in [-0.2, 0) is 11.3 Å². The highest BCUT2D eigenvalue weighted by Gasteiger charge is 2.22. The summed E-state index contributed by atoms with van der Waals surface area (Å²) in [5.41, 5.74) is 0.907. The molecule has 2 N–H and O–H groups in total. The summed E-state index contributed by atoms with van der Waals surface area (Å²) >= 11 is 0. The first-order valence-electron chi connectivity index (χ1n) is 6.58. The molecule has 104 valence electrons. The van der Waals surface area contributed by atoms with Crippen molar-refractivity contribution in [3.05, 3.63) is 35.6 Å². The molecule has 1 unspecified atom stereocenters. The molecule has 0 radical (unpaired) electrons. The fraction of sp³-hybridized carbons (Fsp3) is 0.500. The number of benzene rings is 1. The first-order valence-corrected chi connectivity index (χ1v) is 6.58. The van der Waals surface area contributed by atoms with Gasteiger partial charge in [-0.05, 0) is 31.2 Å². The lowest BCUT2D eigenvalue weighted by molar-refractivity contribution is -0.122. The number of carbonyl (C=O) groups is 1. The number of halogens is 1. The van der Waals surface area contributed by atoms with Crippen molar-refractivity contribution in [1.29, 1.82) is 0 Å². The molecule has 0 aliphatic carbocycles. The first-order chi connectivity index (χ1) is 9.17. The van der Waals surface area contributed by atoms with Crippen LogP contribution in [0.2, 0.25) is 0 Å². The number of rotatable bonds is 5. The molecule has 0 aromatic heterocycles. The van der Waals surface area contributed by atoms with E-state index in [2.05, 4.69) is 15.5 Å². The van der Waals surface area contributed by atoms with E-state index in [4.69, 9.17) is 0 Å². The Morgan fingerprint density at radius 2 is 2.16 bits per heavy atom. The van der Waals surface area contributed by atoms with Crippen LogP contribution >= 0.6 is 0 Å². The second kappa shape index (κ2) is 6.63. The van der Waals surface area contributed by atoms with Crippen molar-refractivity contribution < 1.29 is 9.18 Å². The summed E-state index contributed by atoms with van der Waals surface area (Å²) in [6.45, 7) is 2.75. The summed E-state index contributed by atoms with van der Waals surface area (Å²) < 4.78 is 12.7. The Hall–Kier alpha value is -1.46. The summed E-state index contributed by atoms with van der Waals surface area (Å²) in [6.07, 6.45) is 1.09. The van der Waals surface area contributed by atoms with Crippen molar-refractivity contribution in [2.45, 2.75) is 19.0 Å². The summed E-state index contributed by atoms with van der Waals surface area (Å²) in [7, 11) is 1.95. The molecule has 1 aromatic rings. The van der Waals surface area contributed by atoms with Gasteiger partial charge in [0.25, 0.3) is 0 Å². The Kier molecular flexibility index (Phi) is 4.87. The minimum absolute atomic E-state index is 0.0149. The second-order valence-electron chi connectivity index (χ2n) is 4.91. The third kappa shape index (κ3) is 4.29. The lowest BCUT2D eigenvalue weighted by Gasteiger charge is -2.15. The number of carbonyl (C=O) groups excluding carboxylic acids is 1. The number of hydrogen-bond donors (Lipinski definition) is 2. The van der Waals surface area contributed by atoms with Gasteiger partial charge in [0.15, 0.2) is 0 Å². The molecule has 2 rings (SSSR count). The molecule has 19 heavy (non-hydrogen) atoms. The third-order valence-electron chi connectivity index (χ3n) is 3.45. The summed E-state index contributed by atoms with van der Waals surface area (Å²) in [5.74, 6) is -0.244. The summed E-state index contributed by atoms with van der Waals surface area (Å²) in [6, 6.07) is 6.66. The molecule has 1 aliphatic heterocycles. The van der Waals surface area contributed by atoms with Gasteiger partial charge in [-0.1, -0.05) is 12.1 Å². The van der Waals surface area contributed by atoms with Crippen molar-refractivity contribution >= 4 is 5.91 Å².